The van der Waals surface area contributed by atoms with Crippen molar-refractivity contribution in [2.45, 2.75) is 130 Å². The number of anilines is 1. The lowest BCUT2D eigenvalue weighted by molar-refractivity contribution is -0.148. The molecule has 0 bridgehead atoms. The van der Waals surface area contributed by atoms with E-state index in [-0.39, 0.29) is 49.0 Å². The summed E-state index contributed by atoms with van der Waals surface area (Å²) < 4.78 is 17.5. The molecule has 0 saturated carbocycles. The highest BCUT2D eigenvalue weighted by molar-refractivity contribution is 5.92. The van der Waals surface area contributed by atoms with Crippen LogP contribution >= 0.6 is 0 Å². The van der Waals surface area contributed by atoms with Gasteiger partial charge < -0.3 is 45.1 Å². The van der Waals surface area contributed by atoms with E-state index in [1.807, 2.05) is 91.1 Å². The number of likely N-dealkylation sites (tertiary alicyclic amines) is 1. The van der Waals surface area contributed by atoms with Crippen LogP contribution in [-0.2, 0) is 51.2 Å². The minimum atomic E-state index is -1.16. The first-order valence-corrected chi connectivity index (χ1v) is 22.5. The molecule has 2 aromatic carbocycles. The maximum atomic E-state index is 14.5. The highest BCUT2D eigenvalue weighted by Gasteiger charge is 2.44. The van der Waals surface area contributed by atoms with Gasteiger partial charge in [-0.15, -0.1) is 0 Å². The Labute approximate surface area is 380 Å². The van der Waals surface area contributed by atoms with Crippen LogP contribution < -0.4 is 16.0 Å². The number of nitrogens with one attached hydrogen (secondary N) is 3. The molecule has 3 rings (SSSR count). The fourth-order valence-corrected chi connectivity index (χ4v) is 8.68. The maximum absolute atomic E-state index is 14.5. The van der Waals surface area contributed by atoms with Crippen molar-refractivity contribution in [1.82, 2.24) is 25.3 Å². The Morgan fingerprint density at radius 1 is 0.828 bits per heavy atom. The van der Waals surface area contributed by atoms with Crippen LogP contribution in [0.25, 0.3) is 0 Å². The molecule has 16 heteroatoms. The van der Waals surface area contributed by atoms with Crippen molar-refractivity contribution in [3.63, 3.8) is 0 Å². The molecular formula is C48H74N6O10. The molecular weight excluding hydrogens is 821 g/mol. The average Bonchev–Trinajstić information content (AvgIpc) is 3.76. The van der Waals surface area contributed by atoms with Gasteiger partial charge in [0.25, 0.3) is 0 Å². The number of benzene rings is 2. The Kier molecular flexibility index (Phi) is 21.0. The van der Waals surface area contributed by atoms with E-state index in [2.05, 4.69) is 16.0 Å². The predicted molar refractivity (Wildman–Crippen MR) is 245 cm³/mol. The summed E-state index contributed by atoms with van der Waals surface area (Å²) in [6.07, 6.45) is -0.210. The summed E-state index contributed by atoms with van der Waals surface area (Å²) in [6, 6.07) is 12.4. The molecule has 1 saturated heterocycles. The monoisotopic (exact) mass is 895 g/mol. The number of likely N-dealkylation sites (N-methyl/N-ethyl adjacent to an activating group) is 2. The minimum Gasteiger partial charge on any atom is -0.480 e. The molecule has 1 fully saturated rings. The van der Waals surface area contributed by atoms with E-state index in [1.165, 1.54) is 26.2 Å². The number of aliphatic carboxylic acids is 1. The normalized spacial score (nSPS) is 17.6. The van der Waals surface area contributed by atoms with E-state index in [0.29, 0.717) is 25.8 Å². The van der Waals surface area contributed by atoms with Crippen molar-refractivity contribution in [2.24, 2.45) is 23.7 Å². The molecule has 0 spiro atoms. The molecule has 9 atom stereocenters. The lowest BCUT2D eigenvalue weighted by atomic mass is 9.89. The summed E-state index contributed by atoms with van der Waals surface area (Å²) in [5.74, 6) is -4.34. The Bertz CT molecular complexity index is 1830. The number of hydrogen-bond donors (Lipinski definition) is 4. The topological polar surface area (TPSA) is 196 Å². The van der Waals surface area contributed by atoms with E-state index in [9.17, 15) is 33.9 Å². The van der Waals surface area contributed by atoms with Crippen molar-refractivity contribution >= 4 is 41.4 Å². The summed E-state index contributed by atoms with van der Waals surface area (Å²) in [4.78, 5) is 86.4. The molecule has 64 heavy (non-hydrogen) atoms. The largest absolute Gasteiger partial charge is 0.480 e. The van der Waals surface area contributed by atoms with Crippen molar-refractivity contribution in [3.05, 3.63) is 65.7 Å². The molecule has 2 aromatic rings. The molecule has 0 aromatic heterocycles. The van der Waals surface area contributed by atoms with Gasteiger partial charge in [0.15, 0.2) is 0 Å². The highest BCUT2D eigenvalue weighted by atomic mass is 16.6. The molecule has 1 heterocycles. The van der Waals surface area contributed by atoms with Gasteiger partial charge in [0.1, 0.15) is 24.7 Å². The van der Waals surface area contributed by atoms with Gasteiger partial charge in [0, 0.05) is 54.0 Å². The molecule has 16 nitrogen and oxygen atoms in total. The first kappa shape index (κ1) is 53.1. The van der Waals surface area contributed by atoms with Crippen molar-refractivity contribution in [3.8, 4) is 0 Å². The number of amides is 5. The van der Waals surface area contributed by atoms with Gasteiger partial charge in [-0.05, 0) is 53.9 Å². The maximum Gasteiger partial charge on any atom is 0.410 e. The molecule has 1 aliphatic heterocycles. The van der Waals surface area contributed by atoms with Crippen LogP contribution in [0.4, 0.5) is 10.5 Å². The highest BCUT2D eigenvalue weighted by Crippen LogP contribution is 2.30. The fourth-order valence-electron chi connectivity index (χ4n) is 8.68. The van der Waals surface area contributed by atoms with Gasteiger partial charge in [-0.3, -0.25) is 24.1 Å². The Hall–Kier alpha value is -5.22. The average molecular weight is 895 g/mol. The molecule has 0 radical (unpaired) electrons. The van der Waals surface area contributed by atoms with Crippen LogP contribution in [0.5, 0.6) is 0 Å². The van der Waals surface area contributed by atoms with Crippen LogP contribution in [0.3, 0.4) is 0 Å². The van der Waals surface area contributed by atoms with Crippen LogP contribution in [0.15, 0.2) is 54.6 Å². The molecule has 5 amide bonds. The number of ether oxygens (including phenoxy) is 3. The molecule has 0 aliphatic carbocycles. The summed E-state index contributed by atoms with van der Waals surface area (Å²) in [6.45, 7) is 13.4. The summed E-state index contributed by atoms with van der Waals surface area (Å²) in [5.41, 5.74) is 2.47. The van der Waals surface area contributed by atoms with Crippen LogP contribution in [0.2, 0.25) is 0 Å². The first-order valence-electron chi connectivity index (χ1n) is 22.5. The lowest BCUT2D eigenvalue weighted by Crippen LogP contribution is -2.60. The van der Waals surface area contributed by atoms with Crippen LogP contribution in [0, 0.1) is 23.7 Å². The zero-order chi connectivity index (χ0) is 47.8. The summed E-state index contributed by atoms with van der Waals surface area (Å²) in [5, 5.41) is 18.6. The number of carbonyl (C=O) groups is 6. The fraction of sp³-hybridized carbons (Fsp3) is 0.625. The van der Waals surface area contributed by atoms with E-state index in [4.69, 9.17) is 14.2 Å². The van der Waals surface area contributed by atoms with Gasteiger partial charge in [-0.2, -0.15) is 0 Å². The second-order valence-electron chi connectivity index (χ2n) is 17.7. The van der Waals surface area contributed by atoms with Crippen molar-refractivity contribution in [1.29, 1.82) is 0 Å². The smallest absolute Gasteiger partial charge is 0.410 e. The van der Waals surface area contributed by atoms with E-state index in [1.54, 1.807) is 35.9 Å². The van der Waals surface area contributed by atoms with Crippen molar-refractivity contribution in [2.75, 3.05) is 47.2 Å². The van der Waals surface area contributed by atoms with E-state index >= 15 is 0 Å². The SMILES string of the molecule is CC[C@H](C)C([C@@H](CC(=O)N1CCC[C@H]1[C@H](OC)[C@@H](C)C(=O)N[C@@H](Cc1ccccc1)C(=O)O)OC)N(C)C(=O)C(NC(=O)[C@H](C(C)C)N(C)C(=O)OCc1ccc(NC)cc1)C(C)C. The standard InChI is InChI=1S/C48H74N6O10/c1-13-31(6)42(52(9)46(58)40(29(2)3)51-45(57)41(30(4)5)53(10)48(61)64-28-34-21-23-35(49-8)24-22-34)38(62-11)27-39(55)54-25-17-20-37(54)43(63-12)32(7)44(56)50-36(47(59)60)26-33-18-15-14-16-19-33/h14-16,18-19,21-24,29-32,36-38,40-43,49H,13,17,20,25-28H2,1-12H3,(H,50,56)(H,51,57)(H,59,60)/t31-,32+,36-,37-,38+,40?,41-,42?,43+/m0/s1. The van der Waals surface area contributed by atoms with Gasteiger partial charge in [0.05, 0.1) is 36.6 Å². The number of methoxy groups -OCH3 is 2. The molecule has 2 unspecified atom stereocenters. The third kappa shape index (κ3) is 14.1. The predicted octanol–water partition coefficient (Wildman–Crippen LogP) is 5.19. The van der Waals surface area contributed by atoms with Crippen molar-refractivity contribution < 1.29 is 48.1 Å². The lowest BCUT2D eigenvalue weighted by Gasteiger charge is -2.41. The summed E-state index contributed by atoms with van der Waals surface area (Å²) >= 11 is 0. The zero-order valence-electron chi connectivity index (χ0n) is 40.0. The third-order valence-electron chi connectivity index (χ3n) is 12.6. The first-order chi connectivity index (χ1) is 30.3. The van der Waals surface area contributed by atoms with Gasteiger partial charge in [-0.25, -0.2) is 9.59 Å². The van der Waals surface area contributed by atoms with Crippen LogP contribution in [0.1, 0.15) is 85.3 Å². The van der Waals surface area contributed by atoms with E-state index < -0.39 is 72.2 Å². The summed E-state index contributed by atoms with van der Waals surface area (Å²) in [7, 11) is 7.96. The Morgan fingerprint density at radius 3 is 2.00 bits per heavy atom. The molecule has 1 aliphatic rings. The number of nitrogens with zero attached hydrogens (tertiary/aromatic N) is 3. The number of carboxylic acids is 1. The zero-order valence-corrected chi connectivity index (χ0v) is 40.0. The number of carbonyl (C=O) groups excluding carboxylic acids is 5. The molecule has 4 N–H and O–H groups in total. The third-order valence-corrected chi connectivity index (χ3v) is 12.6. The Balaban J connectivity index is 1.76. The van der Waals surface area contributed by atoms with E-state index in [0.717, 1.165) is 16.8 Å². The minimum absolute atomic E-state index is 0.0177. The van der Waals surface area contributed by atoms with Gasteiger partial charge >= 0.3 is 12.1 Å². The molecule has 356 valence electrons. The second-order valence-corrected chi connectivity index (χ2v) is 17.7. The number of carboxylic acid groups (broad SMARTS) is 1. The van der Waals surface area contributed by atoms with Gasteiger partial charge in [0.2, 0.25) is 23.6 Å². The number of rotatable bonds is 24. The quantitative estimate of drug-likeness (QED) is 0.108. The van der Waals surface area contributed by atoms with Crippen LogP contribution in [-0.4, -0.2) is 140 Å². The van der Waals surface area contributed by atoms with Gasteiger partial charge in [-0.1, -0.05) is 97.4 Å². The Morgan fingerprint density at radius 2 is 1.47 bits per heavy atom. The number of hydrogen-bond acceptors (Lipinski definition) is 10. The second kappa shape index (κ2) is 25.3.